The van der Waals surface area contributed by atoms with Crippen LogP contribution in [0.5, 0.6) is 0 Å². The van der Waals surface area contributed by atoms with Crippen LogP contribution in [0.3, 0.4) is 0 Å². The first-order valence-electron chi connectivity index (χ1n) is 5.85. The Morgan fingerprint density at radius 2 is 2.13 bits per heavy atom. The Bertz CT molecular complexity index is 264. The Hall–Kier alpha value is -0.570. The number of aliphatic hydroxyl groups is 1. The van der Waals surface area contributed by atoms with Gasteiger partial charge >= 0.3 is 5.97 Å². The van der Waals surface area contributed by atoms with Crippen molar-refractivity contribution in [1.82, 2.24) is 0 Å². The Labute approximate surface area is 90.8 Å². The molecule has 0 aromatic heterocycles. The molecule has 2 fully saturated rings. The summed E-state index contributed by atoms with van der Waals surface area (Å²) in [7, 11) is 1.46. The Balaban J connectivity index is 2.20. The molecule has 0 saturated heterocycles. The molecule has 0 heterocycles. The van der Waals surface area contributed by atoms with Crippen molar-refractivity contribution in [3.05, 3.63) is 0 Å². The van der Waals surface area contributed by atoms with Crippen LogP contribution in [-0.4, -0.2) is 24.3 Å². The Kier molecular flexibility index (Phi) is 2.75. The van der Waals surface area contributed by atoms with Gasteiger partial charge in [0.15, 0.2) is 0 Å². The zero-order chi connectivity index (χ0) is 11.1. The fourth-order valence-corrected chi connectivity index (χ4v) is 3.59. The van der Waals surface area contributed by atoms with Gasteiger partial charge in [-0.1, -0.05) is 13.3 Å². The van der Waals surface area contributed by atoms with E-state index in [1.807, 2.05) is 0 Å². The number of hydrogen-bond acceptors (Lipinski definition) is 3. The molecule has 86 valence electrons. The number of methoxy groups -OCH3 is 1. The standard InChI is InChI=1S/C12H20O3/c1-12-7-3-4-8(11(14)15-2)9(12)5-6-10(12)13/h8-10,13H,3-7H2,1-2H3/t8-,9+,10+,12+/m1/s1. The lowest BCUT2D eigenvalue weighted by Gasteiger charge is -2.42. The second-order valence-corrected chi connectivity index (χ2v) is 5.23. The summed E-state index contributed by atoms with van der Waals surface area (Å²) in [4.78, 5) is 11.7. The second kappa shape index (κ2) is 3.78. The van der Waals surface area contributed by atoms with Crippen molar-refractivity contribution >= 4 is 5.97 Å². The zero-order valence-corrected chi connectivity index (χ0v) is 9.53. The van der Waals surface area contributed by atoms with E-state index in [0.29, 0.717) is 5.92 Å². The SMILES string of the molecule is COC(=O)[C@@H]1CCC[C@]2(C)[C@@H](O)CC[C@@H]12. The number of fused-ring (bicyclic) bond motifs is 1. The fraction of sp³-hybridized carbons (Fsp3) is 0.917. The number of ether oxygens (including phenoxy) is 1. The number of esters is 1. The molecule has 0 unspecified atom stereocenters. The van der Waals surface area contributed by atoms with Crippen LogP contribution in [0.15, 0.2) is 0 Å². The Morgan fingerprint density at radius 1 is 1.40 bits per heavy atom. The van der Waals surface area contributed by atoms with E-state index in [1.54, 1.807) is 0 Å². The van der Waals surface area contributed by atoms with Crippen LogP contribution in [0.4, 0.5) is 0 Å². The molecule has 2 aliphatic rings. The largest absolute Gasteiger partial charge is 0.469 e. The van der Waals surface area contributed by atoms with E-state index in [1.165, 1.54) is 7.11 Å². The van der Waals surface area contributed by atoms with E-state index >= 15 is 0 Å². The van der Waals surface area contributed by atoms with Gasteiger partial charge in [-0.25, -0.2) is 0 Å². The third kappa shape index (κ3) is 1.57. The van der Waals surface area contributed by atoms with Gasteiger partial charge in [0.1, 0.15) is 0 Å². The molecule has 0 radical (unpaired) electrons. The maximum atomic E-state index is 11.7. The summed E-state index contributed by atoms with van der Waals surface area (Å²) in [5, 5.41) is 10.0. The molecule has 3 heteroatoms. The molecular formula is C12H20O3. The first kappa shape index (κ1) is 10.9. The van der Waals surface area contributed by atoms with E-state index in [9.17, 15) is 9.90 Å². The van der Waals surface area contributed by atoms with Gasteiger partial charge < -0.3 is 9.84 Å². The number of carbonyl (C=O) groups excluding carboxylic acids is 1. The minimum Gasteiger partial charge on any atom is -0.469 e. The molecule has 15 heavy (non-hydrogen) atoms. The maximum Gasteiger partial charge on any atom is 0.308 e. The molecule has 0 aliphatic heterocycles. The van der Waals surface area contributed by atoms with Crippen molar-refractivity contribution in [2.45, 2.75) is 45.1 Å². The van der Waals surface area contributed by atoms with Crippen LogP contribution in [0.25, 0.3) is 0 Å². The molecule has 0 aromatic rings. The van der Waals surface area contributed by atoms with Gasteiger partial charge in [-0.2, -0.15) is 0 Å². The average molecular weight is 212 g/mol. The zero-order valence-electron chi connectivity index (χ0n) is 9.53. The third-order valence-electron chi connectivity index (χ3n) is 4.58. The van der Waals surface area contributed by atoms with Crippen LogP contribution in [0.2, 0.25) is 0 Å². The van der Waals surface area contributed by atoms with Crippen LogP contribution in [0.1, 0.15) is 39.0 Å². The lowest BCUT2D eigenvalue weighted by molar-refractivity contribution is -0.152. The summed E-state index contributed by atoms with van der Waals surface area (Å²) in [6, 6.07) is 0. The highest BCUT2D eigenvalue weighted by atomic mass is 16.5. The molecule has 2 aliphatic carbocycles. The quantitative estimate of drug-likeness (QED) is 0.673. The normalized spacial score (nSPS) is 44.9. The molecule has 0 bridgehead atoms. The summed E-state index contributed by atoms with van der Waals surface area (Å²) < 4.78 is 4.86. The molecule has 0 aromatic carbocycles. The number of carbonyl (C=O) groups is 1. The number of aliphatic hydroxyl groups excluding tert-OH is 1. The van der Waals surface area contributed by atoms with Gasteiger partial charge in [0, 0.05) is 0 Å². The van der Waals surface area contributed by atoms with E-state index in [2.05, 4.69) is 6.92 Å². The smallest absolute Gasteiger partial charge is 0.308 e. The van der Waals surface area contributed by atoms with Crippen molar-refractivity contribution in [3.8, 4) is 0 Å². The highest BCUT2D eigenvalue weighted by molar-refractivity contribution is 5.73. The van der Waals surface area contributed by atoms with Crippen LogP contribution >= 0.6 is 0 Å². The summed E-state index contributed by atoms with van der Waals surface area (Å²) in [6.07, 6.45) is 4.59. The molecule has 3 nitrogen and oxygen atoms in total. The predicted octanol–water partition coefficient (Wildman–Crippen LogP) is 1.74. The highest BCUT2D eigenvalue weighted by Crippen LogP contribution is 2.54. The molecule has 2 rings (SSSR count). The molecule has 1 N–H and O–H groups in total. The predicted molar refractivity (Wildman–Crippen MR) is 56.2 cm³/mol. The topological polar surface area (TPSA) is 46.5 Å². The first-order chi connectivity index (χ1) is 7.09. The van der Waals surface area contributed by atoms with Gasteiger partial charge in [0.05, 0.1) is 19.1 Å². The third-order valence-corrected chi connectivity index (χ3v) is 4.58. The Morgan fingerprint density at radius 3 is 2.80 bits per heavy atom. The van der Waals surface area contributed by atoms with Crippen molar-refractivity contribution in [1.29, 1.82) is 0 Å². The van der Waals surface area contributed by atoms with Gasteiger partial charge in [0.25, 0.3) is 0 Å². The van der Waals surface area contributed by atoms with Crippen LogP contribution in [0, 0.1) is 17.3 Å². The van der Waals surface area contributed by atoms with Crippen molar-refractivity contribution in [2.75, 3.05) is 7.11 Å². The summed E-state index contributed by atoms with van der Waals surface area (Å²) in [6.45, 7) is 2.13. The van der Waals surface area contributed by atoms with Crippen molar-refractivity contribution in [2.24, 2.45) is 17.3 Å². The lowest BCUT2D eigenvalue weighted by Crippen LogP contribution is -2.42. The lowest BCUT2D eigenvalue weighted by atomic mass is 9.63. The fourth-order valence-electron chi connectivity index (χ4n) is 3.59. The summed E-state index contributed by atoms with van der Waals surface area (Å²) in [5.74, 6) is 0.264. The van der Waals surface area contributed by atoms with Gasteiger partial charge in [0.2, 0.25) is 0 Å². The van der Waals surface area contributed by atoms with E-state index in [0.717, 1.165) is 32.1 Å². The van der Waals surface area contributed by atoms with Gasteiger partial charge in [-0.3, -0.25) is 4.79 Å². The van der Waals surface area contributed by atoms with E-state index < -0.39 is 0 Å². The average Bonchev–Trinajstić information content (AvgIpc) is 2.54. The van der Waals surface area contributed by atoms with E-state index in [4.69, 9.17) is 4.74 Å². The molecule has 2 saturated carbocycles. The van der Waals surface area contributed by atoms with E-state index in [-0.39, 0.29) is 23.4 Å². The molecule has 4 atom stereocenters. The molecular weight excluding hydrogens is 192 g/mol. The number of rotatable bonds is 1. The van der Waals surface area contributed by atoms with Crippen molar-refractivity contribution < 1.29 is 14.6 Å². The molecule has 0 spiro atoms. The second-order valence-electron chi connectivity index (χ2n) is 5.23. The van der Waals surface area contributed by atoms with Crippen molar-refractivity contribution in [3.63, 3.8) is 0 Å². The molecule has 0 amide bonds. The maximum absolute atomic E-state index is 11.7. The minimum absolute atomic E-state index is 0.0194. The van der Waals surface area contributed by atoms with Crippen LogP contribution in [-0.2, 0) is 9.53 Å². The van der Waals surface area contributed by atoms with Gasteiger partial charge in [-0.15, -0.1) is 0 Å². The number of hydrogen-bond donors (Lipinski definition) is 1. The highest BCUT2D eigenvalue weighted by Gasteiger charge is 2.52. The summed E-state index contributed by atoms with van der Waals surface area (Å²) in [5.41, 5.74) is -0.0445. The van der Waals surface area contributed by atoms with Gasteiger partial charge in [-0.05, 0) is 37.0 Å². The van der Waals surface area contributed by atoms with Crippen LogP contribution < -0.4 is 0 Å². The minimum atomic E-state index is -0.227. The first-order valence-corrected chi connectivity index (χ1v) is 5.85. The monoisotopic (exact) mass is 212 g/mol. The summed E-state index contributed by atoms with van der Waals surface area (Å²) >= 11 is 0.